The Morgan fingerprint density at radius 2 is 1.74 bits per heavy atom. The molecule has 0 fully saturated rings. The molecule has 0 N–H and O–H groups in total. The van der Waals surface area contributed by atoms with E-state index in [1.54, 1.807) is 17.4 Å². The Kier molecular flexibility index (Phi) is 8.35. The number of hydrogen-bond acceptors (Lipinski definition) is 2. The van der Waals surface area contributed by atoms with Crippen LogP contribution in [0.2, 0.25) is 0 Å². The van der Waals surface area contributed by atoms with Crippen LogP contribution in [0.15, 0.2) is 134 Å². The highest BCUT2D eigenvalue weighted by Crippen LogP contribution is 2.44. The molecule has 1 nitrogen and oxygen atoms in total. The monoisotopic (exact) mass is 511 g/mol. The number of fused-ring (bicyclic) bond motifs is 3. The molecule has 0 saturated heterocycles. The number of allylic oxidation sites excluding steroid dienone is 16. The molecule has 4 rings (SSSR count). The van der Waals surface area contributed by atoms with Gasteiger partial charge in [-0.3, -0.25) is 4.98 Å². The van der Waals surface area contributed by atoms with Gasteiger partial charge in [0.1, 0.15) is 0 Å². The fraction of sp³-hybridized carbons (Fsp3) is 0.0833. The van der Waals surface area contributed by atoms with E-state index in [4.69, 9.17) is 4.98 Å². The second kappa shape index (κ2) is 11.9. The molecule has 0 aromatic carbocycles. The van der Waals surface area contributed by atoms with Crippen molar-refractivity contribution in [3.63, 3.8) is 0 Å². The van der Waals surface area contributed by atoms with E-state index in [0.717, 1.165) is 56.7 Å². The smallest absolute Gasteiger partial charge is 0.0792 e. The van der Waals surface area contributed by atoms with Crippen molar-refractivity contribution in [3.8, 4) is 0 Å². The lowest BCUT2D eigenvalue weighted by Gasteiger charge is -2.10. The van der Waals surface area contributed by atoms with Crippen LogP contribution in [0.4, 0.5) is 0 Å². The number of thiophene rings is 1. The fourth-order valence-electron chi connectivity index (χ4n) is 4.71. The fourth-order valence-corrected chi connectivity index (χ4v) is 5.88. The van der Waals surface area contributed by atoms with Crippen molar-refractivity contribution in [3.05, 3.63) is 165 Å². The van der Waals surface area contributed by atoms with Crippen molar-refractivity contribution in [2.45, 2.75) is 20.3 Å². The Morgan fingerprint density at radius 1 is 0.974 bits per heavy atom. The Hall–Kier alpha value is -4.27. The standard InChI is InChI=1S/C36H33NS/c1-8-13-20-33-25(7)31-22-27(11-4)26(10-3)17-14-15-18-29-30-19-16-21-37-36(30)35(28(12-5)24(6)9-2)32(29)23-34(31)38-33/h9-23H,2-6,8H2,1,7H3/b15-14?,17-14+,18-15-,20-13-,26-17?,27-22?,27-26-,29-18?,31-22-,32-23?,34-23-,35-28+. The van der Waals surface area contributed by atoms with Crippen LogP contribution in [0.1, 0.15) is 35.0 Å². The van der Waals surface area contributed by atoms with Gasteiger partial charge in [0, 0.05) is 26.7 Å². The summed E-state index contributed by atoms with van der Waals surface area (Å²) in [7, 11) is 0. The van der Waals surface area contributed by atoms with Crippen LogP contribution in [0.3, 0.4) is 0 Å². The summed E-state index contributed by atoms with van der Waals surface area (Å²) in [4.78, 5) is 6.07. The average molecular weight is 512 g/mol. The van der Waals surface area contributed by atoms with Crippen molar-refractivity contribution in [1.82, 2.24) is 4.98 Å². The van der Waals surface area contributed by atoms with Gasteiger partial charge in [-0.05, 0) is 81.9 Å². The predicted octanol–water partition coefficient (Wildman–Crippen LogP) is 8.38. The second-order valence-corrected chi connectivity index (χ2v) is 10.0. The zero-order valence-electron chi connectivity index (χ0n) is 22.3. The number of rotatable bonds is 7. The number of pyridine rings is 1. The molecule has 0 atom stereocenters. The molecule has 0 aliphatic heterocycles. The van der Waals surface area contributed by atoms with Crippen molar-refractivity contribution < 1.29 is 0 Å². The Labute approximate surface area is 230 Å². The van der Waals surface area contributed by atoms with Gasteiger partial charge in [-0.25, -0.2) is 0 Å². The molecule has 2 heteroatoms. The number of aromatic nitrogens is 1. The lowest BCUT2D eigenvalue weighted by molar-refractivity contribution is 1.23. The van der Waals surface area contributed by atoms with Gasteiger partial charge in [-0.1, -0.05) is 101 Å². The van der Waals surface area contributed by atoms with Crippen LogP contribution in [0.5, 0.6) is 0 Å². The van der Waals surface area contributed by atoms with E-state index in [2.05, 4.69) is 95.3 Å². The van der Waals surface area contributed by atoms with Crippen LogP contribution in [-0.2, 0) is 0 Å². The predicted molar refractivity (Wildman–Crippen MR) is 170 cm³/mol. The minimum Gasteiger partial charge on any atom is -0.256 e. The van der Waals surface area contributed by atoms with Crippen molar-refractivity contribution in [2.24, 2.45) is 0 Å². The van der Waals surface area contributed by atoms with Gasteiger partial charge >= 0.3 is 0 Å². The van der Waals surface area contributed by atoms with Crippen LogP contribution in [-0.4, -0.2) is 4.98 Å². The van der Waals surface area contributed by atoms with E-state index in [1.807, 2.05) is 36.6 Å². The minimum absolute atomic E-state index is 0.817. The van der Waals surface area contributed by atoms with E-state index in [0.29, 0.717) is 0 Å². The van der Waals surface area contributed by atoms with Gasteiger partial charge in [0.2, 0.25) is 0 Å². The van der Waals surface area contributed by atoms with Crippen LogP contribution in [0.25, 0.3) is 29.4 Å². The molecule has 188 valence electrons. The molecule has 2 aliphatic carbocycles. The van der Waals surface area contributed by atoms with Gasteiger partial charge in [0.05, 0.1) is 5.69 Å². The molecular formula is C36H33NS. The summed E-state index contributed by atoms with van der Waals surface area (Å²) >= 11 is 1.79. The van der Waals surface area contributed by atoms with Gasteiger partial charge < -0.3 is 0 Å². The SMILES string of the molecule is C=CC(=C)/C(C=C)=C1C2=C(\C=C/C=C/C(C=C)=C(C=C)\C=c3\c(C)c(/C=C\CC)s\c3=C/2)c2cccnc2\1. The molecule has 2 aromatic heterocycles. The van der Waals surface area contributed by atoms with E-state index in [-0.39, 0.29) is 0 Å². The molecule has 0 amide bonds. The highest BCUT2D eigenvalue weighted by atomic mass is 32.1. The second-order valence-electron chi connectivity index (χ2n) is 8.95. The highest BCUT2D eigenvalue weighted by Gasteiger charge is 2.27. The largest absolute Gasteiger partial charge is 0.256 e. The third-order valence-electron chi connectivity index (χ3n) is 6.72. The third kappa shape index (κ3) is 4.96. The normalized spacial score (nSPS) is 21.3. The zero-order valence-corrected chi connectivity index (χ0v) is 23.1. The molecular weight excluding hydrogens is 478 g/mol. The lowest BCUT2D eigenvalue weighted by atomic mass is 9.94. The van der Waals surface area contributed by atoms with E-state index >= 15 is 0 Å². The summed E-state index contributed by atoms with van der Waals surface area (Å²) in [6.07, 6.45) is 27.5. The van der Waals surface area contributed by atoms with Gasteiger partial charge in [-0.15, -0.1) is 11.3 Å². The summed E-state index contributed by atoms with van der Waals surface area (Å²) in [5.74, 6) is 0. The van der Waals surface area contributed by atoms with E-state index < -0.39 is 0 Å². The summed E-state index contributed by atoms with van der Waals surface area (Å²) < 4.78 is 1.17. The van der Waals surface area contributed by atoms with Crippen molar-refractivity contribution >= 4 is 40.7 Å². The summed E-state index contributed by atoms with van der Waals surface area (Å²) in [5, 5.41) is 1.18. The van der Waals surface area contributed by atoms with Crippen LogP contribution < -0.4 is 9.75 Å². The zero-order chi connectivity index (χ0) is 27.2. The average Bonchev–Trinajstić information content (AvgIpc) is 3.39. The Morgan fingerprint density at radius 3 is 2.42 bits per heavy atom. The van der Waals surface area contributed by atoms with Crippen molar-refractivity contribution in [2.75, 3.05) is 0 Å². The Bertz CT molecular complexity index is 1670. The van der Waals surface area contributed by atoms with Crippen molar-refractivity contribution in [1.29, 1.82) is 0 Å². The van der Waals surface area contributed by atoms with Gasteiger partial charge in [0.15, 0.2) is 0 Å². The van der Waals surface area contributed by atoms with Crippen LogP contribution >= 0.6 is 11.3 Å². The highest BCUT2D eigenvalue weighted by molar-refractivity contribution is 7.11. The van der Waals surface area contributed by atoms with E-state index in [1.165, 1.54) is 20.2 Å². The number of nitrogens with zero attached hydrogens (tertiary/aromatic N) is 1. The van der Waals surface area contributed by atoms with Crippen LogP contribution in [0, 0.1) is 6.92 Å². The first kappa shape index (κ1) is 26.8. The molecule has 38 heavy (non-hydrogen) atoms. The molecule has 0 radical (unpaired) electrons. The summed E-state index contributed by atoms with van der Waals surface area (Å²) in [5.41, 5.74) is 10.3. The number of hydrogen-bond donors (Lipinski definition) is 0. The first-order valence-corrected chi connectivity index (χ1v) is 13.5. The molecule has 0 bridgehead atoms. The lowest BCUT2D eigenvalue weighted by Crippen LogP contribution is -2.21. The first-order valence-electron chi connectivity index (χ1n) is 12.7. The van der Waals surface area contributed by atoms with Gasteiger partial charge in [0.25, 0.3) is 0 Å². The maximum absolute atomic E-state index is 4.82. The maximum Gasteiger partial charge on any atom is 0.0792 e. The molecule has 0 saturated carbocycles. The summed E-state index contributed by atoms with van der Waals surface area (Å²) in [6.45, 7) is 24.9. The topological polar surface area (TPSA) is 12.9 Å². The van der Waals surface area contributed by atoms with Gasteiger partial charge in [-0.2, -0.15) is 0 Å². The Balaban J connectivity index is 2.23. The molecule has 2 heterocycles. The molecule has 0 unspecified atom stereocenters. The minimum atomic E-state index is 0.817. The first-order chi connectivity index (χ1) is 18.5. The molecule has 2 aliphatic rings. The molecule has 0 spiro atoms. The summed E-state index contributed by atoms with van der Waals surface area (Å²) in [6, 6.07) is 4.11. The maximum atomic E-state index is 4.82. The van der Waals surface area contributed by atoms with E-state index in [9.17, 15) is 0 Å². The molecule has 2 aromatic rings. The third-order valence-corrected chi connectivity index (χ3v) is 7.94. The quantitative estimate of drug-likeness (QED) is 0.340.